The van der Waals surface area contributed by atoms with Gasteiger partial charge >= 0.3 is 0 Å². The number of benzene rings is 2. The SMILES string of the molecule is CC1(C)CC(NC(=O)Cc2ccc(Cl)c(Cl)c2)C[C@](C)(CNC(=O)Cc2ccc(Cl)c(Cl)c2)C1. The Hall–Kier alpha value is -1.46. The monoisotopic (exact) mass is 542 g/mol. The second kappa shape index (κ2) is 11.1. The highest BCUT2D eigenvalue weighted by atomic mass is 35.5. The van der Waals surface area contributed by atoms with Crippen molar-refractivity contribution < 1.29 is 9.59 Å². The lowest BCUT2D eigenvalue weighted by Crippen LogP contribution is -2.50. The molecule has 34 heavy (non-hydrogen) atoms. The molecule has 0 heterocycles. The third-order valence-corrected chi connectivity index (χ3v) is 7.70. The van der Waals surface area contributed by atoms with E-state index in [9.17, 15) is 9.59 Å². The minimum atomic E-state index is -0.142. The van der Waals surface area contributed by atoms with Gasteiger partial charge in [0.2, 0.25) is 11.8 Å². The van der Waals surface area contributed by atoms with Crippen LogP contribution in [0.3, 0.4) is 0 Å². The summed E-state index contributed by atoms with van der Waals surface area (Å²) in [6.45, 7) is 7.13. The van der Waals surface area contributed by atoms with Gasteiger partial charge in [-0.1, -0.05) is 79.3 Å². The topological polar surface area (TPSA) is 58.2 Å². The predicted octanol–water partition coefficient (Wildman–Crippen LogP) is 6.90. The molecule has 3 rings (SSSR count). The fraction of sp³-hybridized carbons (Fsp3) is 0.462. The first-order valence-electron chi connectivity index (χ1n) is 11.3. The predicted molar refractivity (Wildman–Crippen MR) is 141 cm³/mol. The lowest BCUT2D eigenvalue weighted by atomic mass is 9.62. The molecule has 0 radical (unpaired) electrons. The number of amides is 2. The number of halogens is 4. The van der Waals surface area contributed by atoms with Gasteiger partial charge in [-0.3, -0.25) is 9.59 Å². The second-order valence-electron chi connectivity index (χ2n) is 10.5. The van der Waals surface area contributed by atoms with E-state index in [4.69, 9.17) is 46.4 Å². The summed E-state index contributed by atoms with van der Waals surface area (Å²) in [5, 5.41) is 8.09. The maximum Gasteiger partial charge on any atom is 0.224 e. The largest absolute Gasteiger partial charge is 0.355 e. The lowest BCUT2D eigenvalue weighted by molar-refractivity contribution is -0.123. The maximum absolute atomic E-state index is 12.7. The van der Waals surface area contributed by atoms with Crippen molar-refractivity contribution in [3.05, 3.63) is 67.6 Å². The normalized spacial score (nSPS) is 21.7. The summed E-state index contributed by atoms with van der Waals surface area (Å²) >= 11 is 24.1. The van der Waals surface area contributed by atoms with Crippen molar-refractivity contribution in [1.82, 2.24) is 10.6 Å². The van der Waals surface area contributed by atoms with Crippen LogP contribution in [0.1, 0.15) is 51.2 Å². The number of carbonyl (C=O) groups is 2. The summed E-state index contributed by atoms with van der Waals surface area (Å²) in [5.74, 6) is -0.115. The molecule has 2 amide bonds. The van der Waals surface area contributed by atoms with Crippen LogP contribution in [0.4, 0.5) is 0 Å². The Labute approximate surface area is 221 Å². The molecule has 0 aliphatic heterocycles. The number of carbonyl (C=O) groups excluding carboxylic acids is 2. The van der Waals surface area contributed by atoms with Crippen LogP contribution in [0.5, 0.6) is 0 Å². The van der Waals surface area contributed by atoms with Gasteiger partial charge in [-0.05, 0) is 65.5 Å². The van der Waals surface area contributed by atoms with E-state index in [1.807, 2.05) is 6.07 Å². The van der Waals surface area contributed by atoms with E-state index >= 15 is 0 Å². The summed E-state index contributed by atoms with van der Waals surface area (Å²) in [6.07, 6.45) is 3.10. The van der Waals surface area contributed by atoms with Crippen LogP contribution in [0.15, 0.2) is 36.4 Å². The molecule has 2 aromatic carbocycles. The minimum Gasteiger partial charge on any atom is -0.355 e. The van der Waals surface area contributed by atoms with Crippen LogP contribution >= 0.6 is 46.4 Å². The van der Waals surface area contributed by atoms with Crippen molar-refractivity contribution in [2.24, 2.45) is 10.8 Å². The molecule has 0 aromatic heterocycles. The van der Waals surface area contributed by atoms with Crippen molar-refractivity contribution in [1.29, 1.82) is 0 Å². The molecule has 1 unspecified atom stereocenters. The van der Waals surface area contributed by atoms with E-state index in [1.54, 1.807) is 30.3 Å². The molecular weight excluding hydrogens is 514 g/mol. The molecule has 184 valence electrons. The van der Waals surface area contributed by atoms with Crippen LogP contribution in [0.2, 0.25) is 20.1 Å². The van der Waals surface area contributed by atoms with E-state index < -0.39 is 0 Å². The Balaban J connectivity index is 1.58. The maximum atomic E-state index is 12.7. The first kappa shape index (κ1) is 27.1. The summed E-state index contributed by atoms with van der Waals surface area (Å²) < 4.78 is 0. The van der Waals surface area contributed by atoms with Gasteiger partial charge in [0.1, 0.15) is 0 Å². The number of nitrogens with one attached hydrogen (secondary N) is 2. The van der Waals surface area contributed by atoms with Crippen molar-refractivity contribution in [3.8, 4) is 0 Å². The summed E-state index contributed by atoms with van der Waals surface area (Å²) in [4.78, 5) is 25.3. The van der Waals surface area contributed by atoms with E-state index in [1.165, 1.54) is 0 Å². The molecule has 2 N–H and O–H groups in total. The van der Waals surface area contributed by atoms with Gasteiger partial charge in [0, 0.05) is 12.6 Å². The van der Waals surface area contributed by atoms with Gasteiger partial charge in [0.15, 0.2) is 0 Å². The number of hydrogen-bond donors (Lipinski definition) is 2. The third-order valence-electron chi connectivity index (χ3n) is 6.22. The minimum absolute atomic E-state index is 0.0241. The van der Waals surface area contributed by atoms with E-state index in [2.05, 4.69) is 31.4 Å². The Morgan fingerprint density at radius 2 is 1.35 bits per heavy atom. The van der Waals surface area contributed by atoms with Crippen LogP contribution in [-0.4, -0.2) is 24.4 Å². The molecule has 0 saturated heterocycles. The van der Waals surface area contributed by atoms with Gasteiger partial charge in [-0.2, -0.15) is 0 Å². The molecule has 8 heteroatoms. The highest BCUT2D eigenvalue weighted by Crippen LogP contribution is 2.45. The van der Waals surface area contributed by atoms with Crippen LogP contribution in [-0.2, 0) is 22.4 Å². The first-order chi connectivity index (χ1) is 15.8. The van der Waals surface area contributed by atoms with E-state index in [-0.39, 0.29) is 41.5 Å². The smallest absolute Gasteiger partial charge is 0.224 e. The molecule has 1 aliphatic rings. The third kappa shape index (κ3) is 7.78. The van der Waals surface area contributed by atoms with Crippen LogP contribution < -0.4 is 10.6 Å². The standard InChI is InChI=1S/C26H30Cl4N2O2/c1-25(2)12-18(32-24(34)11-17-5-7-20(28)22(30)9-17)13-26(3,14-25)15-31-23(33)10-16-4-6-19(27)21(29)8-16/h4-9,18H,10-15H2,1-3H3,(H,31,33)(H,32,34)/t18?,26-/m0/s1. The fourth-order valence-electron chi connectivity index (χ4n) is 5.19. The van der Waals surface area contributed by atoms with Gasteiger partial charge in [-0.15, -0.1) is 0 Å². The molecule has 1 saturated carbocycles. The first-order valence-corrected chi connectivity index (χ1v) is 12.8. The zero-order valence-electron chi connectivity index (χ0n) is 19.6. The quantitative estimate of drug-likeness (QED) is 0.399. The fourth-order valence-corrected chi connectivity index (χ4v) is 5.83. The number of hydrogen-bond acceptors (Lipinski definition) is 2. The Morgan fingerprint density at radius 1 is 0.824 bits per heavy atom. The summed E-state index contributed by atoms with van der Waals surface area (Å²) in [6, 6.07) is 10.5. The van der Waals surface area contributed by atoms with Crippen molar-refractivity contribution in [3.63, 3.8) is 0 Å². The van der Waals surface area contributed by atoms with Crippen molar-refractivity contribution in [2.45, 2.75) is 58.9 Å². The average molecular weight is 544 g/mol. The zero-order valence-corrected chi connectivity index (χ0v) is 22.6. The molecular formula is C26H30Cl4N2O2. The summed E-state index contributed by atoms with van der Waals surface area (Å²) in [5.41, 5.74) is 1.52. The Morgan fingerprint density at radius 3 is 1.88 bits per heavy atom. The van der Waals surface area contributed by atoms with Crippen molar-refractivity contribution >= 4 is 58.2 Å². The Kier molecular flexibility index (Phi) is 8.84. The molecule has 1 aliphatic carbocycles. The number of rotatable bonds is 7. The van der Waals surface area contributed by atoms with Gasteiger partial charge in [0.25, 0.3) is 0 Å². The zero-order chi connectivity index (χ0) is 25.1. The van der Waals surface area contributed by atoms with Crippen molar-refractivity contribution in [2.75, 3.05) is 6.54 Å². The highest BCUT2D eigenvalue weighted by molar-refractivity contribution is 6.42. The highest BCUT2D eigenvalue weighted by Gasteiger charge is 2.41. The molecule has 2 aromatic rings. The van der Waals surface area contributed by atoms with Gasteiger partial charge < -0.3 is 10.6 Å². The van der Waals surface area contributed by atoms with E-state index in [0.29, 0.717) is 26.6 Å². The molecule has 2 atom stereocenters. The van der Waals surface area contributed by atoms with Crippen LogP contribution in [0, 0.1) is 10.8 Å². The van der Waals surface area contributed by atoms with Gasteiger partial charge in [-0.25, -0.2) is 0 Å². The Bertz CT molecular complexity index is 1070. The van der Waals surface area contributed by atoms with Crippen LogP contribution in [0.25, 0.3) is 0 Å². The molecule has 0 bridgehead atoms. The van der Waals surface area contributed by atoms with E-state index in [0.717, 1.165) is 30.4 Å². The molecule has 0 spiro atoms. The lowest BCUT2D eigenvalue weighted by Gasteiger charge is -2.47. The average Bonchev–Trinajstić information content (AvgIpc) is 2.70. The molecule has 1 fully saturated rings. The molecule has 4 nitrogen and oxygen atoms in total. The summed E-state index contributed by atoms with van der Waals surface area (Å²) in [7, 11) is 0. The second-order valence-corrected chi connectivity index (χ2v) is 12.1. The van der Waals surface area contributed by atoms with Gasteiger partial charge in [0.05, 0.1) is 32.9 Å².